The lowest BCUT2D eigenvalue weighted by Gasteiger charge is -2.17. The van der Waals surface area contributed by atoms with Crippen LogP contribution in [0.5, 0.6) is 0 Å². The molecule has 9 rings (SSSR count). The van der Waals surface area contributed by atoms with Gasteiger partial charge in [0.15, 0.2) is 5.82 Å². The molecule has 0 saturated heterocycles. The standard InChI is InChI=1S/C47H35N3/c1-3-10-36-26-40(23-19-32(36)8-1)38-12-5-14-42(28-38)46-30-45(35-21-17-34(18-22-35)44-16-7-25-48-31-44)49-47(50-46)43-15-6-13-39(29-43)41-24-20-33-9-2-4-11-37(33)27-41/h1-4,6-11,13-30,48H,5,12,31H2. The van der Waals surface area contributed by atoms with Gasteiger partial charge in [0.25, 0.3) is 0 Å². The van der Waals surface area contributed by atoms with Crippen molar-refractivity contribution in [1.29, 1.82) is 0 Å². The number of nitrogens with zero attached hydrogens (tertiary/aromatic N) is 2. The Labute approximate surface area is 292 Å². The zero-order chi connectivity index (χ0) is 33.3. The molecular formula is C47H35N3. The van der Waals surface area contributed by atoms with E-state index >= 15 is 0 Å². The average molecular weight is 642 g/mol. The zero-order valence-corrected chi connectivity index (χ0v) is 27.7. The lowest BCUT2D eigenvalue weighted by atomic mass is 9.91. The van der Waals surface area contributed by atoms with Gasteiger partial charge in [-0.1, -0.05) is 127 Å². The first-order valence-electron chi connectivity index (χ1n) is 17.3. The van der Waals surface area contributed by atoms with Gasteiger partial charge in [-0.15, -0.1) is 0 Å². The summed E-state index contributed by atoms with van der Waals surface area (Å²) in [6, 6.07) is 50.1. The van der Waals surface area contributed by atoms with Gasteiger partial charge < -0.3 is 5.32 Å². The first-order chi connectivity index (χ1) is 24.7. The Balaban J connectivity index is 1.13. The molecule has 3 heteroatoms. The van der Waals surface area contributed by atoms with Crippen molar-refractivity contribution >= 4 is 38.3 Å². The number of allylic oxidation sites excluding steroid dienone is 6. The van der Waals surface area contributed by atoms with Crippen molar-refractivity contribution in [2.24, 2.45) is 0 Å². The number of fused-ring (bicyclic) bond motifs is 2. The first-order valence-corrected chi connectivity index (χ1v) is 17.3. The van der Waals surface area contributed by atoms with Crippen LogP contribution in [-0.4, -0.2) is 16.5 Å². The number of nitrogens with one attached hydrogen (secondary N) is 1. The number of hydrogen-bond acceptors (Lipinski definition) is 3. The van der Waals surface area contributed by atoms with Crippen molar-refractivity contribution in [1.82, 2.24) is 15.3 Å². The molecule has 1 N–H and O–H groups in total. The molecule has 0 spiro atoms. The third-order valence-electron chi connectivity index (χ3n) is 9.81. The van der Waals surface area contributed by atoms with Crippen LogP contribution in [0, 0.1) is 0 Å². The van der Waals surface area contributed by atoms with Gasteiger partial charge in [-0.05, 0) is 116 Å². The normalized spacial score (nSPS) is 14.2. The predicted molar refractivity (Wildman–Crippen MR) is 210 cm³/mol. The summed E-state index contributed by atoms with van der Waals surface area (Å²) in [5, 5.41) is 8.31. The van der Waals surface area contributed by atoms with Gasteiger partial charge in [0.2, 0.25) is 0 Å². The maximum absolute atomic E-state index is 5.26. The van der Waals surface area contributed by atoms with E-state index in [4.69, 9.17) is 9.97 Å². The second kappa shape index (κ2) is 12.9. The number of benzene rings is 6. The molecule has 0 saturated carbocycles. The van der Waals surface area contributed by atoms with Crippen LogP contribution in [-0.2, 0) is 0 Å². The Hall–Kier alpha value is -6.32. The summed E-state index contributed by atoms with van der Waals surface area (Å²) >= 11 is 0. The van der Waals surface area contributed by atoms with Crippen molar-refractivity contribution in [3.8, 4) is 33.8 Å². The molecule has 1 aromatic heterocycles. The molecule has 238 valence electrons. The van der Waals surface area contributed by atoms with E-state index < -0.39 is 0 Å². The van der Waals surface area contributed by atoms with Crippen molar-refractivity contribution < 1.29 is 0 Å². The van der Waals surface area contributed by atoms with E-state index in [0.717, 1.165) is 58.9 Å². The largest absolute Gasteiger partial charge is 0.387 e. The number of rotatable bonds is 6. The molecule has 2 aliphatic rings. The van der Waals surface area contributed by atoms with Gasteiger partial charge in [-0.25, -0.2) is 9.97 Å². The van der Waals surface area contributed by atoms with Gasteiger partial charge in [-0.3, -0.25) is 0 Å². The molecular weight excluding hydrogens is 607 g/mol. The molecule has 3 nitrogen and oxygen atoms in total. The maximum Gasteiger partial charge on any atom is 0.160 e. The number of hydrogen-bond donors (Lipinski definition) is 1. The van der Waals surface area contributed by atoms with Crippen molar-refractivity contribution in [2.75, 3.05) is 6.54 Å². The molecule has 50 heavy (non-hydrogen) atoms. The Morgan fingerprint density at radius 3 is 1.88 bits per heavy atom. The highest BCUT2D eigenvalue weighted by atomic mass is 14.9. The summed E-state index contributed by atoms with van der Waals surface area (Å²) in [5.74, 6) is 0.723. The van der Waals surface area contributed by atoms with Crippen LogP contribution in [0.2, 0.25) is 0 Å². The van der Waals surface area contributed by atoms with E-state index in [2.05, 4.69) is 169 Å². The van der Waals surface area contributed by atoms with Crippen molar-refractivity contribution in [2.45, 2.75) is 12.8 Å². The fourth-order valence-corrected chi connectivity index (χ4v) is 7.09. The molecule has 0 radical (unpaired) electrons. The molecule has 0 unspecified atom stereocenters. The third-order valence-corrected chi connectivity index (χ3v) is 9.81. The molecule has 2 heterocycles. The summed E-state index contributed by atoms with van der Waals surface area (Å²) in [6.45, 7) is 0.825. The highest BCUT2D eigenvalue weighted by Gasteiger charge is 2.16. The molecule has 0 fully saturated rings. The van der Waals surface area contributed by atoms with Crippen LogP contribution in [0.3, 0.4) is 0 Å². The van der Waals surface area contributed by atoms with E-state index in [1.165, 1.54) is 49.4 Å². The summed E-state index contributed by atoms with van der Waals surface area (Å²) in [7, 11) is 0. The average Bonchev–Trinajstić information content (AvgIpc) is 3.21. The number of aromatic nitrogens is 2. The minimum absolute atomic E-state index is 0.723. The Bertz CT molecular complexity index is 2530. The Kier molecular flexibility index (Phi) is 7.71. The fourth-order valence-electron chi connectivity index (χ4n) is 7.09. The fraction of sp³-hybridized carbons (Fsp3) is 0.0638. The van der Waals surface area contributed by atoms with Crippen LogP contribution in [0.4, 0.5) is 0 Å². The van der Waals surface area contributed by atoms with Crippen LogP contribution in [0.25, 0.3) is 72.0 Å². The summed E-state index contributed by atoms with van der Waals surface area (Å²) in [4.78, 5) is 10.5. The van der Waals surface area contributed by atoms with Crippen LogP contribution in [0.1, 0.15) is 29.7 Å². The molecule has 0 atom stereocenters. The van der Waals surface area contributed by atoms with E-state index in [1.54, 1.807) is 0 Å². The van der Waals surface area contributed by atoms with Gasteiger partial charge in [-0.2, -0.15) is 0 Å². The molecule has 0 bridgehead atoms. The molecule has 1 aliphatic heterocycles. The Morgan fingerprint density at radius 1 is 0.480 bits per heavy atom. The van der Waals surface area contributed by atoms with Gasteiger partial charge in [0, 0.05) is 17.7 Å². The predicted octanol–water partition coefficient (Wildman–Crippen LogP) is 11.5. The monoisotopic (exact) mass is 641 g/mol. The van der Waals surface area contributed by atoms with Gasteiger partial charge in [0.05, 0.1) is 11.4 Å². The van der Waals surface area contributed by atoms with E-state index in [0.29, 0.717) is 0 Å². The van der Waals surface area contributed by atoms with Crippen molar-refractivity contribution in [3.63, 3.8) is 0 Å². The topological polar surface area (TPSA) is 37.8 Å². The second-order valence-electron chi connectivity index (χ2n) is 13.0. The van der Waals surface area contributed by atoms with Gasteiger partial charge >= 0.3 is 0 Å². The lowest BCUT2D eigenvalue weighted by Crippen LogP contribution is -2.11. The lowest BCUT2D eigenvalue weighted by molar-refractivity contribution is 0.986. The van der Waals surface area contributed by atoms with E-state index in [1.807, 2.05) is 6.20 Å². The Morgan fingerprint density at radius 2 is 1.12 bits per heavy atom. The van der Waals surface area contributed by atoms with Crippen LogP contribution < -0.4 is 5.32 Å². The summed E-state index contributed by atoms with van der Waals surface area (Å²) in [6.07, 6.45) is 12.8. The van der Waals surface area contributed by atoms with Crippen molar-refractivity contribution in [3.05, 3.63) is 187 Å². The number of dihydropyridines is 1. The van der Waals surface area contributed by atoms with Crippen LogP contribution >= 0.6 is 0 Å². The highest BCUT2D eigenvalue weighted by molar-refractivity contribution is 5.91. The van der Waals surface area contributed by atoms with Crippen LogP contribution in [0.15, 0.2) is 170 Å². The third kappa shape index (κ3) is 5.95. The minimum atomic E-state index is 0.723. The smallest absolute Gasteiger partial charge is 0.160 e. The summed E-state index contributed by atoms with van der Waals surface area (Å²) < 4.78 is 0. The molecule has 7 aromatic rings. The van der Waals surface area contributed by atoms with Gasteiger partial charge in [0.1, 0.15) is 0 Å². The minimum Gasteiger partial charge on any atom is -0.387 e. The SMILES string of the molecule is C1=CNCC(c2ccc(-c3cc(C4=CCCC(c5ccc6ccccc6c5)=C4)nc(-c4cccc(-c5ccc6ccccc6c5)c4)n3)cc2)=C1. The molecule has 0 amide bonds. The highest BCUT2D eigenvalue weighted by Crippen LogP contribution is 2.35. The molecule has 6 aromatic carbocycles. The zero-order valence-electron chi connectivity index (χ0n) is 27.7. The van der Waals surface area contributed by atoms with E-state index in [-0.39, 0.29) is 0 Å². The first kappa shape index (κ1) is 29.8. The summed E-state index contributed by atoms with van der Waals surface area (Å²) in [5.41, 5.74) is 12.5. The second-order valence-corrected chi connectivity index (χ2v) is 13.0. The molecule has 1 aliphatic carbocycles. The van der Waals surface area contributed by atoms with E-state index in [9.17, 15) is 0 Å². The maximum atomic E-state index is 5.26. The quantitative estimate of drug-likeness (QED) is 0.196.